The number of anilines is 1. The van der Waals surface area contributed by atoms with Crippen molar-refractivity contribution in [3.05, 3.63) is 96.2 Å². The van der Waals surface area contributed by atoms with Crippen LogP contribution in [0.15, 0.2) is 85.1 Å². The molecule has 4 heteroatoms. The lowest BCUT2D eigenvalue weighted by atomic mass is 10.1. The first-order chi connectivity index (χ1) is 13.2. The number of benzene rings is 3. The molecule has 0 aliphatic heterocycles. The molecule has 27 heavy (non-hydrogen) atoms. The molecular formula is C23H20N2O2. The monoisotopic (exact) mass is 356 g/mol. The highest BCUT2D eigenvalue weighted by Gasteiger charge is 2.13. The molecule has 1 heterocycles. The van der Waals surface area contributed by atoms with Gasteiger partial charge in [0.25, 0.3) is 5.91 Å². The van der Waals surface area contributed by atoms with Gasteiger partial charge in [-0.3, -0.25) is 4.79 Å². The normalized spacial score (nSPS) is 10.7. The number of hydrogen-bond acceptors (Lipinski definition) is 2. The highest BCUT2D eigenvalue weighted by molar-refractivity contribution is 6.09. The van der Waals surface area contributed by atoms with Crippen LogP contribution < -0.4 is 10.1 Å². The summed E-state index contributed by atoms with van der Waals surface area (Å²) in [5, 5.41) is 4.07. The summed E-state index contributed by atoms with van der Waals surface area (Å²) in [4.78, 5) is 12.9. The van der Waals surface area contributed by atoms with Gasteiger partial charge in [-0.2, -0.15) is 0 Å². The van der Waals surface area contributed by atoms with E-state index in [0.717, 1.165) is 27.9 Å². The molecule has 0 fully saturated rings. The highest BCUT2D eigenvalue weighted by atomic mass is 16.5. The molecule has 1 amide bonds. The standard InChI is InChI=1S/C23H20N2O2/c1-25-15-14-20-21(12-7-13-22(20)25)24-23(26)19-11-6-5-8-17(19)16-27-18-9-3-2-4-10-18/h2-15H,16H2,1H3,(H,24,26). The zero-order valence-corrected chi connectivity index (χ0v) is 15.1. The van der Waals surface area contributed by atoms with E-state index >= 15 is 0 Å². The van der Waals surface area contributed by atoms with Crippen LogP contribution in [-0.4, -0.2) is 10.5 Å². The maximum Gasteiger partial charge on any atom is 0.256 e. The molecular weight excluding hydrogens is 336 g/mol. The molecule has 0 atom stereocenters. The summed E-state index contributed by atoms with van der Waals surface area (Å²) >= 11 is 0. The molecule has 0 radical (unpaired) electrons. The first-order valence-electron chi connectivity index (χ1n) is 8.83. The molecule has 4 aromatic rings. The van der Waals surface area contributed by atoms with Gasteiger partial charge in [0.15, 0.2) is 0 Å². The fraction of sp³-hybridized carbons (Fsp3) is 0.0870. The minimum atomic E-state index is -0.140. The smallest absolute Gasteiger partial charge is 0.256 e. The largest absolute Gasteiger partial charge is 0.489 e. The Kier molecular flexibility index (Phi) is 4.62. The van der Waals surface area contributed by atoms with Crippen LogP contribution in [0.1, 0.15) is 15.9 Å². The third-order valence-electron chi connectivity index (χ3n) is 4.58. The van der Waals surface area contributed by atoms with Crippen LogP contribution in [0.5, 0.6) is 5.75 Å². The van der Waals surface area contributed by atoms with E-state index in [1.165, 1.54) is 0 Å². The number of nitrogens with zero attached hydrogens (tertiary/aromatic N) is 1. The Labute approximate surface area is 158 Å². The van der Waals surface area contributed by atoms with Crippen molar-refractivity contribution >= 4 is 22.5 Å². The van der Waals surface area contributed by atoms with Crippen molar-refractivity contribution in [1.82, 2.24) is 4.57 Å². The lowest BCUT2D eigenvalue weighted by molar-refractivity contribution is 0.102. The second-order valence-electron chi connectivity index (χ2n) is 6.38. The molecule has 4 nitrogen and oxygen atoms in total. The number of nitrogens with one attached hydrogen (secondary N) is 1. The maximum atomic E-state index is 12.9. The van der Waals surface area contributed by atoms with Crippen LogP contribution in [0.4, 0.5) is 5.69 Å². The number of carbonyl (C=O) groups excluding carboxylic acids is 1. The Hall–Kier alpha value is -3.53. The molecule has 0 spiro atoms. The number of ether oxygens (including phenoxy) is 1. The van der Waals surface area contributed by atoms with Crippen LogP contribution in [0.2, 0.25) is 0 Å². The number of hydrogen-bond donors (Lipinski definition) is 1. The lowest BCUT2D eigenvalue weighted by Gasteiger charge is -2.12. The summed E-state index contributed by atoms with van der Waals surface area (Å²) in [5.74, 6) is 0.639. The van der Waals surface area contributed by atoms with Gasteiger partial charge in [-0.1, -0.05) is 42.5 Å². The van der Waals surface area contributed by atoms with E-state index in [1.54, 1.807) is 0 Å². The summed E-state index contributed by atoms with van der Waals surface area (Å²) in [5.41, 5.74) is 3.34. The third kappa shape index (κ3) is 3.55. The van der Waals surface area contributed by atoms with E-state index in [4.69, 9.17) is 4.74 Å². The van der Waals surface area contributed by atoms with Crippen LogP contribution in [0, 0.1) is 0 Å². The molecule has 134 valence electrons. The number of rotatable bonds is 5. The van der Waals surface area contributed by atoms with Crippen molar-refractivity contribution in [2.45, 2.75) is 6.61 Å². The summed E-state index contributed by atoms with van der Waals surface area (Å²) in [7, 11) is 1.99. The molecule has 3 aromatic carbocycles. The average molecular weight is 356 g/mol. The Balaban J connectivity index is 1.57. The predicted octanol–water partition coefficient (Wildman–Crippen LogP) is 5.01. The van der Waals surface area contributed by atoms with Gasteiger partial charge in [0.1, 0.15) is 12.4 Å². The van der Waals surface area contributed by atoms with Crippen molar-refractivity contribution in [1.29, 1.82) is 0 Å². The third-order valence-corrected chi connectivity index (χ3v) is 4.58. The van der Waals surface area contributed by atoms with Crippen molar-refractivity contribution in [2.75, 3.05) is 5.32 Å². The van der Waals surface area contributed by atoms with Crippen LogP contribution in [-0.2, 0) is 13.7 Å². The number of aromatic nitrogens is 1. The first kappa shape index (κ1) is 16.9. The molecule has 0 saturated carbocycles. The topological polar surface area (TPSA) is 43.3 Å². The average Bonchev–Trinajstić information content (AvgIpc) is 3.09. The molecule has 0 aliphatic carbocycles. The van der Waals surface area contributed by atoms with E-state index < -0.39 is 0 Å². The summed E-state index contributed by atoms with van der Waals surface area (Å²) < 4.78 is 7.86. The molecule has 1 aromatic heterocycles. The molecule has 0 bridgehead atoms. The summed E-state index contributed by atoms with van der Waals surface area (Å²) in [6.45, 7) is 0.336. The fourth-order valence-corrected chi connectivity index (χ4v) is 3.15. The molecule has 1 N–H and O–H groups in total. The fourth-order valence-electron chi connectivity index (χ4n) is 3.15. The lowest BCUT2D eigenvalue weighted by Crippen LogP contribution is -2.15. The predicted molar refractivity (Wildman–Crippen MR) is 108 cm³/mol. The number of carbonyl (C=O) groups is 1. The number of aryl methyl sites for hydroxylation is 1. The Morgan fingerprint density at radius 1 is 0.926 bits per heavy atom. The van der Waals surface area contributed by atoms with E-state index in [-0.39, 0.29) is 5.91 Å². The quantitative estimate of drug-likeness (QED) is 0.546. The van der Waals surface area contributed by atoms with E-state index in [1.807, 2.05) is 96.7 Å². The van der Waals surface area contributed by atoms with Gasteiger partial charge in [0.05, 0.1) is 5.69 Å². The van der Waals surface area contributed by atoms with Gasteiger partial charge in [-0.25, -0.2) is 0 Å². The van der Waals surface area contributed by atoms with E-state index in [0.29, 0.717) is 12.2 Å². The minimum absolute atomic E-state index is 0.140. The van der Waals surface area contributed by atoms with Gasteiger partial charge in [0.2, 0.25) is 0 Å². The van der Waals surface area contributed by atoms with Gasteiger partial charge >= 0.3 is 0 Å². The first-order valence-corrected chi connectivity index (χ1v) is 8.83. The number of para-hydroxylation sites is 1. The van der Waals surface area contributed by atoms with Gasteiger partial charge in [-0.05, 0) is 36.4 Å². The summed E-state index contributed by atoms with van der Waals surface area (Å²) in [6, 6.07) is 25.0. The second kappa shape index (κ2) is 7.38. The molecule has 0 aliphatic rings. The van der Waals surface area contributed by atoms with Crippen LogP contribution >= 0.6 is 0 Å². The van der Waals surface area contributed by atoms with Gasteiger partial charge < -0.3 is 14.6 Å². The van der Waals surface area contributed by atoms with Crippen LogP contribution in [0.25, 0.3) is 10.9 Å². The van der Waals surface area contributed by atoms with Crippen molar-refractivity contribution < 1.29 is 9.53 Å². The van der Waals surface area contributed by atoms with Crippen LogP contribution in [0.3, 0.4) is 0 Å². The Morgan fingerprint density at radius 3 is 2.56 bits per heavy atom. The number of amides is 1. The second-order valence-corrected chi connectivity index (χ2v) is 6.38. The molecule has 0 saturated heterocycles. The van der Waals surface area contributed by atoms with Crippen molar-refractivity contribution in [3.63, 3.8) is 0 Å². The zero-order chi connectivity index (χ0) is 18.6. The Bertz CT molecular complexity index is 1080. The van der Waals surface area contributed by atoms with E-state index in [9.17, 15) is 4.79 Å². The minimum Gasteiger partial charge on any atom is -0.489 e. The highest BCUT2D eigenvalue weighted by Crippen LogP contribution is 2.25. The van der Waals surface area contributed by atoms with Crippen molar-refractivity contribution in [2.24, 2.45) is 7.05 Å². The SMILES string of the molecule is Cn1ccc2c(NC(=O)c3ccccc3COc3ccccc3)cccc21. The van der Waals surface area contributed by atoms with E-state index in [2.05, 4.69) is 5.32 Å². The van der Waals surface area contributed by atoms with Gasteiger partial charge in [-0.15, -0.1) is 0 Å². The Morgan fingerprint density at radius 2 is 1.70 bits per heavy atom. The zero-order valence-electron chi connectivity index (χ0n) is 15.1. The number of fused-ring (bicyclic) bond motifs is 1. The van der Waals surface area contributed by atoms with Crippen molar-refractivity contribution in [3.8, 4) is 5.75 Å². The van der Waals surface area contributed by atoms with Gasteiger partial charge in [0, 0.05) is 35.3 Å². The maximum absolute atomic E-state index is 12.9. The molecule has 0 unspecified atom stereocenters. The molecule has 4 rings (SSSR count). The summed E-state index contributed by atoms with van der Waals surface area (Å²) in [6.07, 6.45) is 1.99.